The molecule has 0 saturated carbocycles. The molecular formula is C26H34N4O2. The van der Waals surface area contributed by atoms with Crippen molar-refractivity contribution >= 4 is 11.7 Å². The molecule has 6 nitrogen and oxygen atoms in total. The highest BCUT2D eigenvalue weighted by molar-refractivity contribution is 5.68. The van der Waals surface area contributed by atoms with Crippen molar-refractivity contribution in [2.45, 2.75) is 52.7 Å². The topological polar surface area (TPSA) is 50.1 Å². The van der Waals surface area contributed by atoms with Crippen LogP contribution in [0.25, 0.3) is 16.9 Å². The molecule has 1 saturated heterocycles. The third kappa shape index (κ3) is 4.96. The predicted molar refractivity (Wildman–Crippen MR) is 128 cm³/mol. The number of imidazole rings is 1. The Hall–Kier alpha value is -2.86. The smallest absolute Gasteiger partial charge is 0.410 e. The lowest BCUT2D eigenvalue weighted by molar-refractivity contribution is 0.0138. The van der Waals surface area contributed by atoms with Crippen molar-refractivity contribution in [3.63, 3.8) is 0 Å². The second-order valence-corrected chi connectivity index (χ2v) is 9.86. The second-order valence-electron chi connectivity index (χ2n) is 9.86. The summed E-state index contributed by atoms with van der Waals surface area (Å²) in [5, 5.41) is 0. The van der Waals surface area contributed by atoms with Crippen molar-refractivity contribution in [3.05, 3.63) is 59.9 Å². The Bertz CT molecular complexity index is 1070. The summed E-state index contributed by atoms with van der Waals surface area (Å²) in [5.74, 6) is 0.505. The fourth-order valence-electron chi connectivity index (χ4n) is 4.08. The quantitative estimate of drug-likeness (QED) is 0.568. The highest BCUT2D eigenvalue weighted by Gasteiger charge is 2.27. The van der Waals surface area contributed by atoms with Crippen LogP contribution in [0, 0.1) is 0 Å². The van der Waals surface area contributed by atoms with Gasteiger partial charge in [0, 0.05) is 44.5 Å². The zero-order valence-corrected chi connectivity index (χ0v) is 19.8. The average Bonchev–Trinajstić information content (AvgIpc) is 3.11. The first-order valence-electron chi connectivity index (χ1n) is 11.5. The number of aromatic nitrogens is 2. The molecule has 2 aromatic heterocycles. The van der Waals surface area contributed by atoms with Gasteiger partial charge in [-0.2, -0.15) is 0 Å². The highest BCUT2D eigenvalue weighted by atomic mass is 16.6. The Morgan fingerprint density at radius 2 is 1.72 bits per heavy atom. The van der Waals surface area contributed by atoms with Crippen LogP contribution in [-0.4, -0.2) is 57.1 Å². The molecule has 6 heteroatoms. The molecule has 32 heavy (non-hydrogen) atoms. The van der Waals surface area contributed by atoms with Crippen LogP contribution in [0.4, 0.5) is 4.79 Å². The van der Waals surface area contributed by atoms with E-state index in [0.717, 1.165) is 36.5 Å². The maximum atomic E-state index is 12.4. The van der Waals surface area contributed by atoms with E-state index in [1.807, 2.05) is 37.8 Å². The normalized spacial score (nSPS) is 15.5. The van der Waals surface area contributed by atoms with Crippen LogP contribution in [0.2, 0.25) is 0 Å². The zero-order chi connectivity index (χ0) is 22.9. The standard InChI is InChI=1S/C26H34N4O2/c1-19(2)20-9-11-21(12-10-20)24-22(30-13-7-6-8-23(30)27-24)18-28-14-16-29(17-15-28)25(31)32-26(3,4)5/h6-13,19H,14-18H2,1-5H3. The van der Waals surface area contributed by atoms with Gasteiger partial charge in [-0.05, 0) is 44.4 Å². The molecule has 0 unspecified atom stereocenters. The van der Waals surface area contributed by atoms with E-state index in [9.17, 15) is 4.79 Å². The first kappa shape index (κ1) is 22.3. The number of piperazine rings is 1. The maximum absolute atomic E-state index is 12.4. The largest absolute Gasteiger partial charge is 0.444 e. The van der Waals surface area contributed by atoms with E-state index in [1.54, 1.807) is 0 Å². The van der Waals surface area contributed by atoms with Gasteiger partial charge in [-0.15, -0.1) is 0 Å². The zero-order valence-electron chi connectivity index (χ0n) is 19.8. The van der Waals surface area contributed by atoms with Crippen molar-refractivity contribution in [2.75, 3.05) is 26.2 Å². The number of carbonyl (C=O) groups excluding carboxylic acids is 1. The third-order valence-electron chi connectivity index (χ3n) is 5.88. The van der Waals surface area contributed by atoms with Gasteiger partial charge in [0.05, 0.1) is 11.4 Å². The molecule has 1 aliphatic heterocycles. The number of amides is 1. The molecule has 1 fully saturated rings. The molecule has 0 spiro atoms. The van der Waals surface area contributed by atoms with Gasteiger partial charge in [0.1, 0.15) is 11.2 Å². The number of pyridine rings is 1. The number of hydrogen-bond donors (Lipinski definition) is 0. The van der Waals surface area contributed by atoms with E-state index in [1.165, 1.54) is 11.3 Å². The molecule has 170 valence electrons. The van der Waals surface area contributed by atoms with E-state index in [4.69, 9.17) is 9.72 Å². The minimum absolute atomic E-state index is 0.224. The van der Waals surface area contributed by atoms with Crippen molar-refractivity contribution in [2.24, 2.45) is 0 Å². The third-order valence-corrected chi connectivity index (χ3v) is 5.88. The van der Waals surface area contributed by atoms with Gasteiger partial charge in [0.2, 0.25) is 0 Å². The van der Waals surface area contributed by atoms with E-state index < -0.39 is 5.60 Å². The van der Waals surface area contributed by atoms with Crippen LogP contribution in [0.1, 0.15) is 51.8 Å². The summed E-state index contributed by atoms with van der Waals surface area (Å²) in [6, 6.07) is 14.9. The van der Waals surface area contributed by atoms with Gasteiger partial charge in [-0.3, -0.25) is 4.90 Å². The molecule has 1 aliphatic rings. The Morgan fingerprint density at radius 3 is 2.34 bits per heavy atom. The number of ether oxygens (including phenoxy) is 1. The molecule has 0 bridgehead atoms. The summed E-state index contributed by atoms with van der Waals surface area (Å²) < 4.78 is 7.72. The summed E-state index contributed by atoms with van der Waals surface area (Å²) in [6.45, 7) is 13.9. The maximum Gasteiger partial charge on any atom is 0.410 e. The van der Waals surface area contributed by atoms with Crippen LogP contribution >= 0.6 is 0 Å². The number of benzene rings is 1. The molecule has 0 atom stereocenters. The van der Waals surface area contributed by atoms with Crippen molar-refractivity contribution < 1.29 is 9.53 Å². The van der Waals surface area contributed by atoms with Gasteiger partial charge in [0.25, 0.3) is 0 Å². The lowest BCUT2D eigenvalue weighted by Crippen LogP contribution is -2.49. The van der Waals surface area contributed by atoms with Gasteiger partial charge in [-0.1, -0.05) is 44.2 Å². The van der Waals surface area contributed by atoms with Gasteiger partial charge >= 0.3 is 6.09 Å². The van der Waals surface area contributed by atoms with Crippen LogP contribution < -0.4 is 0 Å². The number of carbonyl (C=O) groups is 1. The Balaban J connectivity index is 1.53. The van der Waals surface area contributed by atoms with E-state index in [0.29, 0.717) is 19.0 Å². The Labute approximate surface area is 190 Å². The van der Waals surface area contributed by atoms with Crippen LogP contribution in [0.5, 0.6) is 0 Å². The Morgan fingerprint density at radius 1 is 1.03 bits per heavy atom. The van der Waals surface area contributed by atoms with Crippen molar-refractivity contribution in [3.8, 4) is 11.3 Å². The average molecular weight is 435 g/mol. The fourth-order valence-corrected chi connectivity index (χ4v) is 4.08. The van der Waals surface area contributed by atoms with E-state index >= 15 is 0 Å². The molecule has 4 rings (SSSR count). The fraction of sp³-hybridized carbons (Fsp3) is 0.462. The minimum atomic E-state index is -0.468. The van der Waals surface area contributed by atoms with Gasteiger partial charge in [0.15, 0.2) is 0 Å². The molecule has 1 amide bonds. The molecular weight excluding hydrogens is 400 g/mol. The lowest BCUT2D eigenvalue weighted by Gasteiger charge is -2.35. The predicted octanol–water partition coefficient (Wildman–Crippen LogP) is 5.18. The Kier molecular flexibility index (Phi) is 6.24. The summed E-state index contributed by atoms with van der Waals surface area (Å²) in [7, 11) is 0. The van der Waals surface area contributed by atoms with Crippen LogP contribution in [-0.2, 0) is 11.3 Å². The monoisotopic (exact) mass is 434 g/mol. The van der Waals surface area contributed by atoms with Crippen LogP contribution in [0.15, 0.2) is 48.7 Å². The SMILES string of the molecule is CC(C)c1ccc(-c2nc3ccccn3c2CN2CCN(C(=O)OC(C)(C)C)CC2)cc1. The lowest BCUT2D eigenvalue weighted by atomic mass is 10.0. The van der Waals surface area contributed by atoms with Crippen molar-refractivity contribution in [1.29, 1.82) is 0 Å². The molecule has 0 aliphatic carbocycles. The first-order valence-corrected chi connectivity index (χ1v) is 11.5. The van der Waals surface area contributed by atoms with E-state index in [-0.39, 0.29) is 6.09 Å². The summed E-state index contributed by atoms with van der Waals surface area (Å²) in [6.07, 6.45) is 1.86. The molecule has 0 N–H and O–H groups in total. The number of hydrogen-bond acceptors (Lipinski definition) is 4. The number of rotatable bonds is 4. The second kappa shape index (κ2) is 8.94. The van der Waals surface area contributed by atoms with Gasteiger partial charge in [-0.25, -0.2) is 9.78 Å². The molecule has 0 radical (unpaired) electrons. The minimum Gasteiger partial charge on any atom is -0.444 e. The van der Waals surface area contributed by atoms with Gasteiger partial charge < -0.3 is 14.0 Å². The number of nitrogens with zero attached hydrogens (tertiary/aromatic N) is 4. The highest BCUT2D eigenvalue weighted by Crippen LogP contribution is 2.28. The van der Waals surface area contributed by atoms with E-state index in [2.05, 4.69) is 59.7 Å². The molecule has 1 aromatic carbocycles. The summed E-state index contributed by atoms with van der Waals surface area (Å²) in [5.41, 5.74) is 5.17. The first-order chi connectivity index (χ1) is 15.2. The van der Waals surface area contributed by atoms with Crippen LogP contribution in [0.3, 0.4) is 0 Å². The summed E-state index contributed by atoms with van der Waals surface area (Å²) >= 11 is 0. The number of fused-ring (bicyclic) bond motifs is 1. The molecule has 3 aromatic rings. The molecule has 3 heterocycles. The summed E-state index contributed by atoms with van der Waals surface area (Å²) in [4.78, 5) is 21.6. The van der Waals surface area contributed by atoms with Crippen molar-refractivity contribution in [1.82, 2.24) is 19.2 Å².